The smallest absolute Gasteiger partial charge is 0.323 e. The van der Waals surface area contributed by atoms with Gasteiger partial charge in [-0.1, -0.05) is 6.92 Å². The van der Waals surface area contributed by atoms with Gasteiger partial charge in [-0.05, 0) is 12.8 Å². The molecule has 0 amide bonds. The van der Waals surface area contributed by atoms with Crippen LogP contribution in [0.3, 0.4) is 0 Å². The number of hydrogen-bond acceptors (Lipinski definition) is 8. The Morgan fingerprint density at radius 3 is 2.60 bits per heavy atom. The molecule has 0 aliphatic heterocycles. The number of rotatable bonds is 11. The van der Waals surface area contributed by atoms with Crippen molar-refractivity contribution in [2.75, 3.05) is 50.7 Å². The van der Waals surface area contributed by atoms with Crippen molar-refractivity contribution in [2.24, 2.45) is 0 Å². The largest absolute Gasteiger partial charge is 0.463 e. The maximum Gasteiger partial charge on any atom is 0.323 e. The second kappa shape index (κ2) is 10.2. The standard InChI is InChI=1S/C12H23N5O3/c1-3-7-20-12-16-10(13-2)15-11(17-12)14-5-4-8-19-9-6-18/h18H,3-9H2,1-2H3,(H2,13,14,15,16,17). The second-order valence-electron chi connectivity index (χ2n) is 3.98. The molecule has 8 nitrogen and oxygen atoms in total. The van der Waals surface area contributed by atoms with Gasteiger partial charge in [-0.2, -0.15) is 15.0 Å². The Hall–Kier alpha value is -1.67. The number of nitrogens with zero attached hydrogens (tertiary/aromatic N) is 3. The highest BCUT2D eigenvalue weighted by Crippen LogP contribution is 2.10. The molecule has 0 unspecified atom stereocenters. The fraction of sp³-hybridized carbons (Fsp3) is 0.750. The number of anilines is 2. The van der Waals surface area contributed by atoms with Gasteiger partial charge in [0.2, 0.25) is 11.9 Å². The topological polar surface area (TPSA) is 101 Å². The molecule has 0 atom stereocenters. The van der Waals surface area contributed by atoms with E-state index in [2.05, 4.69) is 25.6 Å². The first kappa shape index (κ1) is 16.4. The van der Waals surface area contributed by atoms with Crippen molar-refractivity contribution in [1.29, 1.82) is 0 Å². The summed E-state index contributed by atoms with van der Waals surface area (Å²) in [5.41, 5.74) is 0. The minimum Gasteiger partial charge on any atom is -0.463 e. The summed E-state index contributed by atoms with van der Waals surface area (Å²) in [4.78, 5) is 12.5. The lowest BCUT2D eigenvalue weighted by Crippen LogP contribution is -2.12. The lowest BCUT2D eigenvalue weighted by molar-refractivity contribution is 0.0921. The predicted molar refractivity (Wildman–Crippen MR) is 76.2 cm³/mol. The molecule has 0 radical (unpaired) electrons. The van der Waals surface area contributed by atoms with Crippen LogP contribution in [-0.4, -0.2) is 60.1 Å². The van der Waals surface area contributed by atoms with E-state index >= 15 is 0 Å². The molecule has 1 heterocycles. The zero-order chi connectivity index (χ0) is 14.6. The quantitative estimate of drug-likeness (QED) is 0.506. The molecule has 8 heteroatoms. The van der Waals surface area contributed by atoms with Crippen molar-refractivity contribution in [3.8, 4) is 6.01 Å². The number of ether oxygens (including phenoxy) is 2. The van der Waals surface area contributed by atoms with Crippen LogP contribution in [0.2, 0.25) is 0 Å². The summed E-state index contributed by atoms with van der Waals surface area (Å²) in [6, 6.07) is 0.310. The minimum absolute atomic E-state index is 0.0462. The summed E-state index contributed by atoms with van der Waals surface area (Å²) in [6.07, 6.45) is 1.69. The first-order valence-electron chi connectivity index (χ1n) is 6.79. The van der Waals surface area contributed by atoms with Crippen molar-refractivity contribution in [1.82, 2.24) is 15.0 Å². The van der Waals surface area contributed by atoms with Crippen LogP contribution >= 0.6 is 0 Å². The normalized spacial score (nSPS) is 10.3. The minimum atomic E-state index is 0.0462. The van der Waals surface area contributed by atoms with Crippen LogP contribution < -0.4 is 15.4 Å². The molecule has 0 fully saturated rings. The van der Waals surface area contributed by atoms with Gasteiger partial charge in [-0.25, -0.2) is 0 Å². The van der Waals surface area contributed by atoms with Gasteiger partial charge >= 0.3 is 6.01 Å². The van der Waals surface area contributed by atoms with Gasteiger partial charge in [0.15, 0.2) is 0 Å². The van der Waals surface area contributed by atoms with Crippen LogP contribution in [0.15, 0.2) is 0 Å². The maximum absolute atomic E-state index is 8.57. The Morgan fingerprint density at radius 1 is 1.10 bits per heavy atom. The molecule has 0 saturated heterocycles. The third-order valence-electron chi connectivity index (χ3n) is 2.26. The Labute approximate surface area is 118 Å². The number of aliphatic hydroxyl groups is 1. The van der Waals surface area contributed by atoms with Crippen molar-refractivity contribution >= 4 is 11.9 Å². The SMILES string of the molecule is CCCOc1nc(NC)nc(NCCCOCCO)n1. The summed E-state index contributed by atoms with van der Waals surface area (Å²) < 4.78 is 10.6. The van der Waals surface area contributed by atoms with Crippen molar-refractivity contribution in [2.45, 2.75) is 19.8 Å². The summed E-state index contributed by atoms with van der Waals surface area (Å²) in [5, 5.41) is 14.5. The van der Waals surface area contributed by atoms with Gasteiger partial charge in [0.05, 0.1) is 19.8 Å². The zero-order valence-corrected chi connectivity index (χ0v) is 12.1. The van der Waals surface area contributed by atoms with E-state index in [0.717, 1.165) is 12.8 Å². The van der Waals surface area contributed by atoms with E-state index in [1.54, 1.807) is 7.05 Å². The molecule has 0 aromatic carbocycles. The molecule has 3 N–H and O–H groups in total. The lowest BCUT2D eigenvalue weighted by atomic mass is 10.4. The van der Waals surface area contributed by atoms with Gasteiger partial charge in [0, 0.05) is 20.2 Å². The molecule has 1 aromatic rings. The van der Waals surface area contributed by atoms with Crippen LogP contribution in [-0.2, 0) is 4.74 Å². The van der Waals surface area contributed by atoms with E-state index in [1.165, 1.54) is 0 Å². The number of aromatic nitrogens is 3. The highest BCUT2D eigenvalue weighted by Gasteiger charge is 2.05. The molecule has 114 valence electrons. The molecule has 0 aliphatic rings. The predicted octanol–water partition coefficient (Wildman–Crippen LogP) is 0.513. The van der Waals surface area contributed by atoms with Crippen LogP contribution in [0, 0.1) is 0 Å². The van der Waals surface area contributed by atoms with E-state index in [0.29, 0.717) is 44.3 Å². The van der Waals surface area contributed by atoms with E-state index in [4.69, 9.17) is 14.6 Å². The van der Waals surface area contributed by atoms with E-state index < -0.39 is 0 Å². The molecule has 20 heavy (non-hydrogen) atoms. The average Bonchev–Trinajstić information content (AvgIpc) is 2.48. The van der Waals surface area contributed by atoms with Crippen molar-refractivity contribution < 1.29 is 14.6 Å². The first-order valence-corrected chi connectivity index (χ1v) is 6.79. The zero-order valence-electron chi connectivity index (χ0n) is 12.1. The summed E-state index contributed by atoms with van der Waals surface area (Å²) in [7, 11) is 1.74. The van der Waals surface area contributed by atoms with Crippen molar-refractivity contribution in [3.63, 3.8) is 0 Å². The van der Waals surface area contributed by atoms with Gasteiger partial charge in [-0.3, -0.25) is 0 Å². The van der Waals surface area contributed by atoms with Crippen LogP contribution in [0.4, 0.5) is 11.9 Å². The summed E-state index contributed by atoms with van der Waals surface area (Å²) in [5.74, 6) is 0.933. The second-order valence-corrected chi connectivity index (χ2v) is 3.98. The molecular weight excluding hydrogens is 262 g/mol. The molecule has 0 saturated carbocycles. The summed E-state index contributed by atoms with van der Waals surface area (Å²) in [6.45, 7) is 4.26. The van der Waals surface area contributed by atoms with Gasteiger partial charge in [0.1, 0.15) is 0 Å². The maximum atomic E-state index is 8.57. The Bertz CT molecular complexity index is 378. The Balaban J connectivity index is 2.42. The molecule has 1 rings (SSSR count). The van der Waals surface area contributed by atoms with Crippen LogP contribution in [0.5, 0.6) is 6.01 Å². The average molecular weight is 285 g/mol. The molecule has 0 spiro atoms. The third-order valence-corrected chi connectivity index (χ3v) is 2.26. The number of nitrogens with one attached hydrogen (secondary N) is 2. The third kappa shape index (κ3) is 6.48. The van der Waals surface area contributed by atoms with Gasteiger partial charge < -0.3 is 25.2 Å². The monoisotopic (exact) mass is 285 g/mol. The van der Waals surface area contributed by atoms with E-state index in [-0.39, 0.29) is 6.61 Å². The number of hydrogen-bond donors (Lipinski definition) is 3. The van der Waals surface area contributed by atoms with Gasteiger partial charge in [-0.15, -0.1) is 0 Å². The summed E-state index contributed by atoms with van der Waals surface area (Å²) >= 11 is 0. The molecule has 0 bridgehead atoms. The lowest BCUT2D eigenvalue weighted by Gasteiger charge is -2.09. The first-order chi connectivity index (χ1) is 9.80. The Kier molecular flexibility index (Phi) is 8.32. The highest BCUT2D eigenvalue weighted by atomic mass is 16.5. The number of aliphatic hydroxyl groups excluding tert-OH is 1. The van der Waals surface area contributed by atoms with Crippen LogP contribution in [0.1, 0.15) is 19.8 Å². The highest BCUT2D eigenvalue weighted by molar-refractivity contribution is 5.35. The van der Waals surface area contributed by atoms with Gasteiger partial charge in [0.25, 0.3) is 0 Å². The fourth-order valence-corrected chi connectivity index (χ4v) is 1.35. The van der Waals surface area contributed by atoms with E-state index in [1.807, 2.05) is 6.92 Å². The van der Waals surface area contributed by atoms with Crippen molar-refractivity contribution in [3.05, 3.63) is 0 Å². The Morgan fingerprint density at radius 2 is 1.90 bits per heavy atom. The fourth-order valence-electron chi connectivity index (χ4n) is 1.35. The molecule has 0 aliphatic carbocycles. The molecule has 1 aromatic heterocycles. The van der Waals surface area contributed by atoms with E-state index in [9.17, 15) is 0 Å². The molecular formula is C12H23N5O3. The van der Waals surface area contributed by atoms with Crippen LogP contribution in [0.25, 0.3) is 0 Å².